The quantitative estimate of drug-likeness (QED) is 0.148. The van der Waals surface area contributed by atoms with Crippen LogP contribution in [0.2, 0.25) is 0 Å². The van der Waals surface area contributed by atoms with Crippen LogP contribution < -0.4 is 21.3 Å². The summed E-state index contributed by atoms with van der Waals surface area (Å²) in [6.45, 7) is 6.46. The van der Waals surface area contributed by atoms with E-state index in [0.717, 1.165) is 27.1 Å². The predicted molar refractivity (Wildman–Crippen MR) is 214 cm³/mol. The van der Waals surface area contributed by atoms with Crippen LogP contribution >= 0.6 is 11.3 Å². The fraction of sp³-hybridized carbons (Fsp3) is 0.317. The molecule has 2 aromatic carbocycles. The van der Waals surface area contributed by atoms with E-state index in [-0.39, 0.29) is 61.2 Å². The van der Waals surface area contributed by atoms with Crippen molar-refractivity contribution in [3.05, 3.63) is 100 Å². The van der Waals surface area contributed by atoms with Gasteiger partial charge in [-0.1, -0.05) is 37.8 Å². The van der Waals surface area contributed by atoms with Gasteiger partial charge in [-0.15, -0.1) is 11.3 Å². The average Bonchev–Trinajstić information content (AvgIpc) is 3.95. The van der Waals surface area contributed by atoms with Crippen molar-refractivity contribution in [1.82, 2.24) is 41.1 Å². The van der Waals surface area contributed by atoms with Crippen LogP contribution in [-0.4, -0.2) is 92.7 Å². The molecule has 1 aliphatic rings. The number of thiazole rings is 1. The Labute approximate surface area is 336 Å². The second kappa shape index (κ2) is 17.8. The number of para-hydroxylation sites is 1. The molecule has 2 bridgehead atoms. The zero-order chi connectivity index (χ0) is 41.7. The van der Waals surface area contributed by atoms with Crippen molar-refractivity contribution < 1.29 is 38.0 Å². The molecule has 0 fully saturated rings. The van der Waals surface area contributed by atoms with Gasteiger partial charge in [0.1, 0.15) is 23.6 Å². The van der Waals surface area contributed by atoms with E-state index in [9.17, 15) is 33.6 Å². The molecule has 17 heteroatoms. The minimum Gasteiger partial charge on any atom is -0.361 e. The number of fused-ring (bicyclic) bond motifs is 4. The third-order valence-corrected chi connectivity index (χ3v) is 11.0. The van der Waals surface area contributed by atoms with Gasteiger partial charge in [0.25, 0.3) is 11.8 Å². The first-order valence-corrected chi connectivity index (χ1v) is 19.5. The fourth-order valence-electron chi connectivity index (χ4n) is 6.85. The molecule has 0 unspecified atom stereocenters. The second-order valence-electron chi connectivity index (χ2n) is 14.4. The third kappa shape index (κ3) is 9.54. The average molecular weight is 811 g/mol. The van der Waals surface area contributed by atoms with Crippen molar-refractivity contribution >= 4 is 74.2 Å². The van der Waals surface area contributed by atoms with Gasteiger partial charge in [-0.25, -0.2) is 9.37 Å². The SMILES string of the molecule is C=C1NC(=O)[C@@H](C)NC(=O)CCC(=O)[C@H](Cc2c[nH]c3cccc(F)c23)NC(=O)[C@H](Cc2c[nH]c3ccccc23)NC(=O)c2csc(n2)[C@@H](C)CC(=O)CN(C)C1=O. The molecule has 0 spiro atoms. The molecule has 58 heavy (non-hydrogen) atoms. The van der Waals surface area contributed by atoms with Crippen molar-refractivity contribution in [2.75, 3.05) is 13.6 Å². The van der Waals surface area contributed by atoms with Crippen molar-refractivity contribution in [2.24, 2.45) is 0 Å². The molecule has 3 aromatic heterocycles. The number of rotatable bonds is 4. The number of Topliss-reactive ketones (excluding diaryl/α,β-unsaturated/α-hetero) is 2. The Morgan fingerprint density at radius 2 is 1.55 bits per heavy atom. The first kappa shape index (κ1) is 41.2. The number of hydrogen-bond acceptors (Lipinski definition) is 9. The molecule has 302 valence electrons. The maximum absolute atomic E-state index is 15.1. The van der Waals surface area contributed by atoms with Gasteiger partial charge in [0.2, 0.25) is 17.7 Å². The Morgan fingerprint density at radius 3 is 2.34 bits per heavy atom. The first-order chi connectivity index (χ1) is 27.7. The third-order valence-electron chi connectivity index (χ3n) is 9.96. The Bertz CT molecular complexity index is 2440. The fourth-order valence-corrected chi connectivity index (χ4v) is 7.71. The number of halogens is 1. The summed E-state index contributed by atoms with van der Waals surface area (Å²) in [5.74, 6) is -5.38. The minimum atomic E-state index is -1.27. The number of likely N-dealkylation sites (N-methyl/N-ethyl adjacent to an activating group) is 1. The smallest absolute Gasteiger partial charge is 0.271 e. The molecule has 4 atom stereocenters. The van der Waals surface area contributed by atoms with Gasteiger partial charge in [0.15, 0.2) is 11.6 Å². The zero-order valence-electron chi connectivity index (χ0n) is 32.1. The molecule has 15 nitrogen and oxygen atoms in total. The lowest BCUT2D eigenvalue weighted by Crippen LogP contribution is -2.53. The van der Waals surface area contributed by atoms with Crippen LogP contribution in [0.15, 0.2) is 72.5 Å². The highest BCUT2D eigenvalue weighted by atomic mass is 32.1. The number of carbonyl (C=O) groups is 7. The number of nitrogens with zero attached hydrogens (tertiary/aromatic N) is 2. The number of aromatic amines is 2. The Balaban J connectivity index is 1.33. The van der Waals surface area contributed by atoms with Gasteiger partial charge >= 0.3 is 0 Å². The Morgan fingerprint density at radius 1 is 0.845 bits per heavy atom. The highest BCUT2D eigenvalue weighted by molar-refractivity contribution is 7.09. The van der Waals surface area contributed by atoms with E-state index in [1.54, 1.807) is 25.4 Å². The van der Waals surface area contributed by atoms with Crippen molar-refractivity contribution in [3.63, 3.8) is 0 Å². The van der Waals surface area contributed by atoms with Gasteiger partial charge in [-0.2, -0.15) is 0 Å². The Kier molecular flexibility index (Phi) is 12.6. The zero-order valence-corrected chi connectivity index (χ0v) is 32.9. The number of ketones is 2. The van der Waals surface area contributed by atoms with Crippen LogP contribution in [0.5, 0.6) is 0 Å². The normalized spacial score (nSPS) is 21.4. The van der Waals surface area contributed by atoms with Crippen LogP contribution in [0.25, 0.3) is 21.8 Å². The topological polar surface area (TPSA) is 215 Å². The summed E-state index contributed by atoms with van der Waals surface area (Å²) in [7, 11) is 1.38. The summed E-state index contributed by atoms with van der Waals surface area (Å²) in [5, 5.41) is 13.4. The summed E-state index contributed by atoms with van der Waals surface area (Å²) in [5.41, 5.74) is 2.08. The number of benzene rings is 2. The van der Waals surface area contributed by atoms with E-state index in [1.807, 2.05) is 24.3 Å². The minimum absolute atomic E-state index is 0.00644. The summed E-state index contributed by atoms with van der Waals surface area (Å²) in [4.78, 5) is 106. The number of H-pyrrole nitrogens is 2. The number of nitrogens with one attached hydrogen (secondary N) is 6. The van der Waals surface area contributed by atoms with Crippen molar-refractivity contribution in [1.29, 1.82) is 0 Å². The van der Waals surface area contributed by atoms with Gasteiger partial charge in [0.05, 0.1) is 23.3 Å². The summed E-state index contributed by atoms with van der Waals surface area (Å²) < 4.78 is 15.1. The molecule has 0 radical (unpaired) electrons. The standard InChI is InChI=1S/C41H43FN8O7S/c1-21-14-26(51)19-50(4)41(57)23(3)46-37(54)22(2)45-35(53)13-12-34(52)31(16-25-18-44-30-11-7-9-28(42)36(25)30)47-38(55)32(48-39(56)33-20-58-40(21)49-33)15-24-17-43-29-10-6-5-8-27(24)29/h5-11,17-18,20-22,31-32,43-44H,3,12-16,19H2,1-2,4H3,(H,45,53)(H,46,54)(H,47,55)(H,48,56)/t21-,22+,31-,32-/m0/s1. The monoisotopic (exact) mass is 810 g/mol. The first-order valence-electron chi connectivity index (χ1n) is 18.6. The van der Waals surface area contributed by atoms with E-state index in [4.69, 9.17) is 0 Å². The molecule has 4 heterocycles. The van der Waals surface area contributed by atoms with Crippen molar-refractivity contribution in [3.8, 4) is 0 Å². The van der Waals surface area contributed by atoms with Crippen LogP contribution in [0.4, 0.5) is 4.39 Å². The number of hydrogen-bond donors (Lipinski definition) is 6. The second-order valence-corrected chi connectivity index (χ2v) is 15.3. The van der Waals surface area contributed by atoms with Gasteiger partial charge in [-0.3, -0.25) is 33.6 Å². The largest absolute Gasteiger partial charge is 0.361 e. The lowest BCUT2D eigenvalue weighted by molar-refractivity contribution is -0.133. The molecule has 0 aliphatic carbocycles. The van der Waals surface area contributed by atoms with Crippen molar-refractivity contribution in [2.45, 2.75) is 70.0 Å². The molecular formula is C41H43FN8O7S. The van der Waals surface area contributed by atoms with Crippen LogP contribution in [-0.2, 0) is 41.6 Å². The van der Waals surface area contributed by atoms with E-state index in [1.165, 1.54) is 31.5 Å². The number of carbonyl (C=O) groups excluding carboxylic acids is 7. The number of amides is 5. The summed E-state index contributed by atoms with van der Waals surface area (Å²) >= 11 is 1.16. The van der Waals surface area contributed by atoms with E-state index in [2.05, 4.69) is 42.8 Å². The van der Waals surface area contributed by atoms with Crippen LogP contribution in [0.3, 0.4) is 0 Å². The summed E-state index contributed by atoms with van der Waals surface area (Å²) in [6.07, 6.45) is 2.35. The summed E-state index contributed by atoms with van der Waals surface area (Å²) in [6, 6.07) is 8.26. The molecule has 0 saturated carbocycles. The lowest BCUT2D eigenvalue weighted by Gasteiger charge is -2.23. The maximum atomic E-state index is 15.1. The van der Waals surface area contributed by atoms with Crippen LogP contribution in [0.1, 0.15) is 65.7 Å². The van der Waals surface area contributed by atoms with E-state index >= 15 is 4.39 Å². The van der Waals surface area contributed by atoms with Gasteiger partial charge in [0, 0.05) is 84.6 Å². The lowest BCUT2D eigenvalue weighted by atomic mass is 9.97. The maximum Gasteiger partial charge on any atom is 0.271 e. The van der Waals surface area contributed by atoms with E-state index in [0.29, 0.717) is 21.7 Å². The molecular weight excluding hydrogens is 768 g/mol. The Hall–Kier alpha value is -6.49. The van der Waals surface area contributed by atoms with Crippen LogP contribution in [0, 0.1) is 5.82 Å². The highest BCUT2D eigenvalue weighted by Crippen LogP contribution is 2.26. The molecule has 5 aromatic rings. The molecule has 6 N–H and O–H groups in total. The molecule has 1 aliphatic heterocycles. The molecule has 0 saturated heterocycles. The molecule has 6 rings (SSSR count). The van der Waals surface area contributed by atoms with Gasteiger partial charge < -0.3 is 36.1 Å². The predicted octanol–water partition coefficient (Wildman–Crippen LogP) is 3.33. The van der Waals surface area contributed by atoms with E-state index < -0.39 is 65.2 Å². The molecule has 5 amide bonds. The highest BCUT2D eigenvalue weighted by Gasteiger charge is 2.31. The number of aromatic nitrogens is 3. The van der Waals surface area contributed by atoms with Gasteiger partial charge in [-0.05, 0) is 36.2 Å².